The third-order valence-electron chi connectivity index (χ3n) is 2.80. The number of halogens is 2. The molecule has 2 aromatic carbocycles. The van der Waals surface area contributed by atoms with E-state index in [0.29, 0.717) is 10.0 Å². The number of anilines is 1. The van der Waals surface area contributed by atoms with E-state index in [1.54, 1.807) is 18.2 Å². The second-order valence-corrected chi connectivity index (χ2v) is 5.67. The van der Waals surface area contributed by atoms with Crippen LogP contribution in [-0.2, 0) is 0 Å². The van der Waals surface area contributed by atoms with E-state index in [1.807, 2.05) is 19.1 Å². The van der Waals surface area contributed by atoms with Crippen molar-refractivity contribution in [2.45, 2.75) is 6.92 Å². The number of thiocarbonyl (C=S) groups is 1. The molecule has 3 nitrogen and oxygen atoms in total. The third kappa shape index (κ3) is 4.09. The summed E-state index contributed by atoms with van der Waals surface area (Å²) in [5, 5.41) is 5.24. The van der Waals surface area contributed by atoms with Gasteiger partial charge < -0.3 is 5.32 Å². The molecule has 6 heteroatoms. The van der Waals surface area contributed by atoms with Crippen molar-refractivity contribution < 1.29 is 9.18 Å². The Labute approximate surface area is 135 Å². The van der Waals surface area contributed by atoms with Crippen LogP contribution in [0.4, 0.5) is 10.1 Å². The molecule has 0 aromatic heterocycles. The fourth-order valence-electron chi connectivity index (χ4n) is 1.74. The van der Waals surface area contributed by atoms with Gasteiger partial charge in [-0.05, 0) is 49.0 Å². The van der Waals surface area contributed by atoms with Crippen molar-refractivity contribution in [1.29, 1.82) is 0 Å². The summed E-state index contributed by atoms with van der Waals surface area (Å²) in [6.07, 6.45) is 0. The maximum atomic E-state index is 13.7. The summed E-state index contributed by atoms with van der Waals surface area (Å²) >= 11 is 8.20. The molecule has 0 unspecified atom stereocenters. The zero-order valence-corrected chi connectivity index (χ0v) is 13.5. The second kappa shape index (κ2) is 6.78. The Morgan fingerprint density at radius 3 is 2.62 bits per heavy atom. The maximum Gasteiger partial charge on any atom is 0.257 e. The van der Waals surface area contributed by atoms with Crippen LogP contribution >= 0.6 is 28.1 Å². The number of rotatable bonds is 2. The average Bonchev–Trinajstić information content (AvgIpc) is 2.42. The van der Waals surface area contributed by atoms with Gasteiger partial charge in [-0.25, -0.2) is 4.39 Å². The SMILES string of the molecule is Cc1ccccc1C(=O)NC(=S)Nc1ccc(Br)cc1F. The fourth-order valence-corrected chi connectivity index (χ4v) is 2.28. The predicted octanol–water partition coefficient (Wildman–Crippen LogP) is 4.02. The summed E-state index contributed by atoms with van der Waals surface area (Å²) in [5.41, 5.74) is 1.57. The highest BCUT2D eigenvalue weighted by Gasteiger charge is 2.11. The molecule has 2 N–H and O–H groups in total. The van der Waals surface area contributed by atoms with E-state index in [1.165, 1.54) is 12.1 Å². The maximum absolute atomic E-state index is 13.7. The molecule has 0 bridgehead atoms. The first-order valence-corrected chi connectivity index (χ1v) is 7.30. The van der Waals surface area contributed by atoms with Gasteiger partial charge in [0.2, 0.25) is 0 Å². The summed E-state index contributed by atoms with van der Waals surface area (Å²) in [5.74, 6) is -0.792. The molecule has 0 aliphatic carbocycles. The predicted molar refractivity (Wildman–Crippen MR) is 89.0 cm³/mol. The van der Waals surface area contributed by atoms with Crippen LogP contribution in [0.5, 0.6) is 0 Å². The lowest BCUT2D eigenvalue weighted by Gasteiger charge is -2.11. The topological polar surface area (TPSA) is 41.1 Å². The van der Waals surface area contributed by atoms with E-state index in [-0.39, 0.29) is 16.7 Å². The molecule has 0 radical (unpaired) electrons. The highest BCUT2D eigenvalue weighted by atomic mass is 79.9. The number of carbonyl (C=O) groups is 1. The van der Waals surface area contributed by atoms with E-state index in [0.717, 1.165) is 5.56 Å². The minimum absolute atomic E-state index is 0.0458. The zero-order valence-electron chi connectivity index (χ0n) is 11.1. The van der Waals surface area contributed by atoms with Crippen molar-refractivity contribution in [1.82, 2.24) is 5.32 Å². The van der Waals surface area contributed by atoms with E-state index >= 15 is 0 Å². The number of hydrogen-bond donors (Lipinski definition) is 2. The monoisotopic (exact) mass is 366 g/mol. The first-order chi connectivity index (χ1) is 9.97. The van der Waals surface area contributed by atoms with Crippen LogP contribution in [0.2, 0.25) is 0 Å². The number of amides is 1. The van der Waals surface area contributed by atoms with Crippen LogP contribution in [0.3, 0.4) is 0 Å². The number of aryl methyl sites for hydroxylation is 1. The summed E-state index contributed by atoms with van der Waals surface area (Å²) in [7, 11) is 0. The Bertz CT molecular complexity index is 706. The van der Waals surface area contributed by atoms with Crippen molar-refractivity contribution in [3.63, 3.8) is 0 Å². The van der Waals surface area contributed by atoms with Gasteiger partial charge in [0.05, 0.1) is 5.69 Å². The molecule has 0 heterocycles. The zero-order chi connectivity index (χ0) is 15.4. The molecule has 2 aromatic rings. The molecule has 0 aliphatic heterocycles. The quantitative estimate of drug-likeness (QED) is 0.788. The molecular formula is C15H12BrFN2OS. The summed E-state index contributed by atoms with van der Waals surface area (Å²) in [6.45, 7) is 1.83. The largest absolute Gasteiger partial charge is 0.330 e. The number of nitrogens with one attached hydrogen (secondary N) is 2. The molecule has 0 fully saturated rings. The Morgan fingerprint density at radius 1 is 1.24 bits per heavy atom. The molecule has 0 aliphatic rings. The number of benzene rings is 2. The van der Waals surface area contributed by atoms with Crippen molar-refractivity contribution in [3.8, 4) is 0 Å². The van der Waals surface area contributed by atoms with Crippen molar-refractivity contribution in [2.75, 3.05) is 5.32 Å². The number of hydrogen-bond acceptors (Lipinski definition) is 2. The fraction of sp³-hybridized carbons (Fsp3) is 0.0667. The van der Waals surface area contributed by atoms with Gasteiger partial charge in [-0.1, -0.05) is 34.1 Å². The van der Waals surface area contributed by atoms with Gasteiger partial charge in [-0.2, -0.15) is 0 Å². The molecule has 1 amide bonds. The smallest absolute Gasteiger partial charge is 0.257 e. The van der Waals surface area contributed by atoms with Crippen LogP contribution in [0.1, 0.15) is 15.9 Å². The summed E-state index contributed by atoms with van der Waals surface area (Å²) in [6, 6.07) is 11.7. The molecule has 0 saturated carbocycles. The lowest BCUT2D eigenvalue weighted by Crippen LogP contribution is -2.34. The molecular weight excluding hydrogens is 355 g/mol. The van der Waals surface area contributed by atoms with Gasteiger partial charge in [0.25, 0.3) is 5.91 Å². The van der Waals surface area contributed by atoms with E-state index in [9.17, 15) is 9.18 Å². The summed E-state index contributed by atoms with van der Waals surface area (Å²) < 4.78 is 14.3. The minimum Gasteiger partial charge on any atom is -0.330 e. The average molecular weight is 367 g/mol. The Hall–Kier alpha value is -1.79. The molecule has 2 rings (SSSR count). The molecule has 0 atom stereocenters. The van der Waals surface area contributed by atoms with Gasteiger partial charge in [0, 0.05) is 10.0 Å². The number of carbonyl (C=O) groups excluding carboxylic acids is 1. The highest BCUT2D eigenvalue weighted by Crippen LogP contribution is 2.19. The van der Waals surface area contributed by atoms with E-state index in [4.69, 9.17) is 12.2 Å². The standard InChI is InChI=1S/C15H12BrFN2OS/c1-9-4-2-3-5-11(9)14(20)19-15(21)18-13-7-6-10(16)8-12(13)17/h2-8H,1H3,(H2,18,19,20,21). The third-order valence-corrected chi connectivity index (χ3v) is 3.49. The minimum atomic E-state index is -0.461. The lowest BCUT2D eigenvalue weighted by atomic mass is 10.1. The molecule has 21 heavy (non-hydrogen) atoms. The van der Waals surface area contributed by atoms with Crippen LogP contribution in [0, 0.1) is 12.7 Å². The molecule has 108 valence electrons. The molecule has 0 spiro atoms. The Balaban J connectivity index is 2.05. The normalized spacial score (nSPS) is 10.0. The Kier molecular flexibility index (Phi) is 5.03. The first-order valence-electron chi connectivity index (χ1n) is 6.10. The van der Waals surface area contributed by atoms with Gasteiger partial charge in [-0.15, -0.1) is 0 Å². The van der Waals surface area contributed by atoms with Gasteiger partial charge >= 0.3 is 0 Å². The summed E-state index contributed by atoms with van der Waals surface area (Å²) in [4.78, 5) is 12.1. The van der Waals surface area contributed by atoms with Crippen molar-refractivity contribution in [3.05, 3.63) is 63.9 Å². The second-order valence-electron chi connectivity index (χ2n) is 4.35. The van der Waals surface area contributed by atoms with Crippen molar-refractivity contribution in [2.24, 2.45) is 0 Å². The van der Waals surface area contributed by atoms with Gasteiger partial charge in [0.1, 0.15) is 5.82 Å². The highest BCUT2D eigenvalue weighted by molar-refractivity contribution is 9.10. The van der Waals surface area contributed by atoms with E-state index in [2.05, 4.69) is 26.6 Å². The van der Waals surface area contributed by atoms with Crippen LogP contribution in [0.25, 0.3) is 0 Å². The van der Waals surface area contributed by atoms with Crippen LogP contribution < -0.4 is 10.6 Å². The van der Waals surface area contributed by atoms with Crippen LogP contribution in [0.15, 0.2) is 46.9 Å². The molecule has 0 saturated heterocycles. The van der Waals surface area contributed by atoms with Crippen molar-refractivity contribution >= 4 is 44.9 Å². The van der Waals surface area contributed by atoms with E-state index < -0.39 is 5.82 Å². The van der Waals surface area contributed by atoms with Gasteiger partial charge in [-0.3, -0.25) is 10.1 Å². The first kappa shape index (κ1) is 15.6. The lowest BCUT2D eigenvalue weighted by molar-refractivity contribution is 0.0977. The van der Waals surface area contributed by atoms with Gasteiger partial charge in [0.15, 0.2) is 5.11 Å². The van der Waals surface area contributed by atoms with Crippen LogP contribution in [-0.4, -0.2) is 11.0 Å². The Morgan fingerprint density at radius 2 is 1.95 bits per heavy atom.